The lowest BCUT2D eigenvalue weighted by atomic mass is 10.1. The molecule has 0 aliphatic rings. The molecule has 4 N–H and O–H groups in total. The Labute approximate surface area is 133 Å². The number of hydrogen-bond donors (Lipinski definition) is 3. The van der Waals surface area contributed by atoms with E-state index in [0.29, 0.717) is 29.2 Å². The summed E-state index contributed by atoms with van der Waals surface area (Å²) < 4.78 is 0.806. The second kappa shape index (κ2) is 6.68. The van der Waals surface area contributed by atoms with Crippen LogP contribution in [0.3, 0.4) is 0 Å². The van der Waals surface area contributed by atoms with E-state index in [1.165, 1.54) is 16.7 Å². The third kappa shape index (κ3) is 4.02. The van der Waals surface area contributed by atoms with Crippen LogP contribution in [0.4, 0.5) is 5.69 Å². The van der Waals surface area contributed by atoms with Gasteiger partial charge in [0, 0.05) is 28.5 Å². The van der Waals surface area contributed by atoms with Crippen LogP contribution in [-0.2, 0) is 6.42 Å². The molecule has 0 saturated carbocycles. The Balaban J connectivity index is 1.90. The molecule has 1 heterocycles. The zero-order valence-electron chi connectivity index (χ0n) is 10.8. The van der Waals surface area contributed by atoms with Crippen molar-refractivity contribution >= 4 is 44.8 Å². The monoisotopic (exact) mass is 369 g/mol. The summed E-state index contributed by atoms with van der Waals surface area (Å²) in [5.74, 6) is -1.32. The number of carbonyl (C=O) groups is 2. The van der Waals surface area contributed by atoms with E-state index in [9.17, 15) is 9.59 Å². The van der Waals surface area contributed by atoms with Crippen LogP contribution in [0.25, 0.3) is 0 Å². The SMILES string of the molecule is Nc1cc(Br)ccc1C(=O)NCCc1nc(C(=O)O)cs1. The van der Waals surface area contributed by atoms with Gasteiger partial charge in [0.25, 0.3) is 5.91 Å². The van der Waals surface area contributed by atoms with Crippen molar-refractivity contribution in [3.63, 3.8) is 0 Å². The minimum Gasteiger partial charge on any atom is -0.476 e. The minimum atomic E-state index is -1.05. The van der Waals surface area contributed by atoms with E-state index in [2.05, 4.69) is 26.2 Å². The summed E-state index contributed by atoms with van der Waals surface area (Å²) in [5, 5.41) is 13.6. The van der Waals surface area contributed by atoms with Crippen molar-refractivity contribution in [1.82, 2.24) is 10.3 Å². The Bertz CT molecular complexity index is 687. The van der Waals surface area contributed by atoms with Gasteiger partial charge in [0.1, 0.15) is 0 Å². The van der Waals surface area contributed by atoms with Gasteiger partial charge in [-0.3, -0.25) is 4.79 Å². The Morgan fingerprint density at radius 3 is 2.81 bits per heavy atom. The number of benzene rings is 1. The maximum atomic E-state index is 12.0. The summed E-state index contributed by atoms with van der Waals surface area (Å²) in [6, 6.07) is 5.04. The molecule has 2 rings (SSSR count). The predicted octanol–water partition coefficient (Wildman–Crippen LogP) is 2.16. The number of nitrogens with two attached hydrogens (primary N) is 1. The fourth-order valence-corrected chi connectivity index (χ4v) is 2.79. The van der Waals surface area contributed by atoms with Crippen LogP contribution in [0, 0.1) is 0 Å². The van der Waals surface area contributed by atoms with Gasteiger partial charge in [0.15, 0.2) is 5.69 Å². The minimum absolute atomic E-state index is 0.0264. The van der Waals surface area contributed by atoms with E-state index in [1.54, 1.807) is 18.2 Å². The molecule has 0 aliphatic carbocycles. The quantitative estimate of drug-likeness (QED) is 0.700. The molecule has 1 aromatic carbocycles. The molecule has 0 saturated heterocycles. The fraction of sp³-hybridized carbons (Fsp3) is 0.154. The predicted molar refractivity (Wildman–Crippen MR) is 83.7 cm³/mol. The summed E-state index contributed by atoms with van der Waals surface area (Å²) in [6.45, 7) is 0.362. The van der Waals surface area contributed by atoms with Crippen molar-refractivity contribution in [2.45, 2.75) is 6.42 Å². The molecule has 0 fully saturated rings. The molecule has 1 aromatic heterocycles. The van der Waals surface area contributed by atoms with Crippen LogP contribution in [-0.4, -0.2) is 28.5 Å². The number of carboxylic acid groups (broad SMARTS) is 1. The first kappa shape index (κ1) is 15.5. The van der Waals surface area contributed by atoms with Crippen molar-refractivity contribution in [3.8, 4) is 0 Å². The molecule has 2 aromatic rings. The first-order valence-corrected chi connectivity index (χ1v) is 7.65. The van der Waals surface area contributed by atoms with Crippen LogP contribution in [0.1, 0.15) is 25.9 Å². The molecule has 21 heavy (non-hydrogen) atoms. The van der Waals surface area contributed by atoms with Crippen molar-refractivity contribution in [1.29, 1.82) is 0 Å². The third-order valence-electron chi connectivity index (χ3n) is 2.65. The molecular formula is C13H12BrN3O3S. The van der Waals surface area contributed by atoms with Gasteiger partial charge in [-0.05, 0) is 18.2 Å². The van der Waals surface area contributed by atoms with E-state index in [-0.39, 0.29) is 11.6 Å². The number of anilines is 1. The molecular weight excluding hydrogens is 358 g/mol. The Hall–Kier alpha value is -1.93. The van der Waals surface area contributed by atoms with Gasteiger partial charge in [-0.2, -0.15) is 0 Å². The molecule has 0 unspecified atom stereocenters. The number of nitrogens with zero attached hydrogens (tertiary/aromatic N) is 1. The second-order valence-corrected chi connectivity index (χ2v) is 6.03. The number of carbonyl (C=O) groups excluding carboxylic acids is 1. The highest BCUT2D eigenvalue weighted by molar-refractivity contribution is 9.10. The number of nitrogen functional groups attached to an aromatic ring is 1. The van der Waals surface area contributed by atoms with Gasteiger partial charge in [0.05, 0.1) is 10.6 Å². The molecule has 0 aliphatic heterocycles. The lowest BCUT2D eigenvalue weighted by Gasteiger charge is -2.07. The van der Waals surface area contributed by atoms with Gasteiger partial charge >= 0.3 is 5.97 Å². The topological polar surface area (TPSA) is 105 Å². The summed E-state index contributed by atoms with van der Waals surface area (Å²) in [6.07, 6.45) is 0.472. The largest absolute Gasteiger partial charge is 0.476 e. The third-order valence-corrected chi connectivity index (χ3v) is 4.06. The molecule has 0 atom stereocenters. The fourth-order valence-electron chi connectivity index (χ4n) is 1.64. The number of halogens is 1. The van der Waals surface area contributed by atoms with E-state index in [4.69, 9.17) is 10.8 Å². The van der Waals surface area contributed by atoms with E-state index in [1.807, 2.05) is 0 Å². The number of carboxylic acids is 1. The van der Waals surface area contributed by atoms with Crippen LogP contribution in [0.15, 0.2) is 28.1 Å². The standard InChI is InChI=1S/C13H12BrN3O3S/c14-7-1-2-8(9(15)5-7)12(18)16-4-3-11-17-10(6-21-11)13(19)20/h1-2,5-6H,3-4,15H2,(H,16,18)(H,19,20). The highest BCUT2D eigenvalue weighted by atomic mass is 79.9. The van der Waals surface area contributed by atoms with Gasteiger partial charge in [-0.15, -0.1) is 11.3 Å². The number of nitrogens with one attached hydrogen (secondary N) is 1. The molecule has 0 spiro atoms. The first-order valence-electron chi connectivity index (χ1n) is 5.98. The highest BCUT2D eigenvalue weighted by Gasteiger charge is 2.11. The second-order valence-electron chi connectivity index (χ2n) is 4.17. The Kier molecular flexibility index (Phi) is 4.92. The van der Waals surface area contributed by atoms with E-state index >= 15 is 0 Å². The molecule has 110 valence electrons. The summed E-state index contributed by atoms with van der Waals surface area (Å²) >= 11 is 4.53. The number of thiazole rings is 1. The molecule has 0 bridgehead atoms. The zero-order chi connectivity index (χ0) is 15.4. The number of rotatable bonds is 5. The van der Waals surface area contributed by atoms with Crippen LogP contribution in [0.2, 0.25) is 0 Å². The number of amides is 1. The average molecular weight is 370 g/mol. The maximum Gasteiger partial charge on any atom is 0.355 e. The van der Waals surface area contributed by atoms with Crippen molar-refractivity contribution in [2.24, 2.45) is 0 Å². The maximum absolute atomic E-state index is 12.0. The van der Waals surface area contributed by atoms with Crippen LogP contribution < -0.4 is 11.1 Å². The first-order chi connectivity index (χ1) is 9.97. The van der Waals surface area contributed by atoms with E-state index in [0.717, 1.165) is 4.47 Å². The summed E-state index contributed by atoms with van der Waals surface area (Å²) in [7, 11) is 0. The lowest BCUT2D eigenvalue weighted by molar-refractivity contribution is 0.0690. The molecule has 6 nitrogen and oxygen atoms in total. The zero-order valence-corrected chi connectivity index (χ0v) is 13.2. The summed E-state index contributed by atoms with van der Waals surface area (Å²) in [5.41, 5.74) is 6.60. The van der Waals surface area contributed by atoms with Gasteiger partial charge in [-0.1, -0.05) is 15.9 Å². The van der Waals surface area contributed by atoms with Crippen LogP contribution >= 0.6 is 27.3 Å². The number of aromatic nitrogens is 1. The highest BCUT2D eigenvalue weighted by Crippen LogP contribution is 2.18. The van der Waals surface area contributed by atoms with Crippen molar-refractivity contribution < 1.29 is 14.7 Å². The Morgan fingerprint density at radius 2 is 2.19 bits per heavy atom. The van der Waals surface area contributed by atoms with Gasteiger partial charge < -0.3 is 16.2 Å². The lowest BCUT2D eigenvalue weighted by Crippen LogP contribution is -2.26. The molecule has 0 radical (unpaired) electrons. The summed E-state index contributed by atoms with van der Waals surface area (Å²) in [4.78, 5) is 26.6. The normalized spacial score (nSPS) is 10.3. The van der Waals surface area contributed by atoms with Crippen molar-refractivity contribution in [2.75, 3.05) is 12.3 Å². The van der Waals surface area contributed by atoms with Gasteiger partial charge in [0.2, 0.25) is 0 Å². The number of hydrogen-bond acceptors (Lipinski definition) is 5. The van der Waals surface area contributed by atoms with Crippen LogP contribution in [0.5, 0.6) is 0 Å². The molecule has 8 heteroatoms. The van der Waals surface area contributed by atoms with E-state index < -0.39 is 5.97 Å². The number of aromatic carboxylic acids is 1. The average Bonchev–Trinajstić information content (AvgIpc) is 2.87. The Morgan fingerprint density at radius 1 is 1.43 bits per heavy atom. The van der Waals surface area contributed by atoms with Crippen molar-refractivity contribution in [3.05, 3.63) is 44.3 Å². The smallest absolute Gasteiger partial charge is 0.355 e. The van der Waals surface area contributed by atoms with Gasteiger partial charge in [-0.25, -0.2) is 9.78 Å². The molecule has 1 amide bonds.